The first-order chi connectivity index (χ1) is 8.74. The zero-order chi connectivity index (χ0) is 14.6. The van der Waals surface area contributed by atoms with Crippen LogP contribution < -0.4 is 9.47 Å². The van der Waals surface area contributed by atoms with E-state index in [1.165, 1.54) is 19.1 Å². The smallest absolute Gasteiger partial charge is 0.490 e. The lowest BCUT2D eigenvalue weighted by Crippen LogP contribution is -2.18. The van der Waals surface area contributed by atoms with Gasteiger partial charge in [-0.2, -0.15) is 0 Å². The Bertz CT molecular complexity index is 460. The van der Waals surface area contributed by atoms with Crippen molar-refractivity contribution in [3.63, 3.8) is 0 Å². The average Bonchev–Trinajstić information content (AvgIpc) is 2.29. The maximum atomic E-state index is 12.2. The van der Waals surface area contributed by atoms with Gasteiger partial charge in [-0.25, -0.2) is 0 Å². The number of halogens is 4. The molecule has 0 spiro atoms. The highest BCUT2D eigenvalue weighted by Gasteiger charge is 2.32. The Kier molecular flexibility index (Phi) is 5.22. The molecule has 7 heteroatoms. The van der Waals surface area contributed by atoms with Gasteiger partial charge in [-0.1, -0.05) is 22.0 Å². The molecule has 1 atom stereocenters. The number of alkyl halides is 4. The van der Waals surface area contributed by atoms with E-state index in [9.17, 15) is 18.0 Å². The van der Waals surface area contributed by atoms with E-state index in [-0.39, 0.29) is 18.1 Å². The molecule has 0 N–H and O–H groups in total. The molecule has 0 aromatic heterocycles. The third-order valence-electron chi connectivity index (χ3n) is 2.14. The highest BCUT2D eigenvalue weighted by atomic mass is 79.9. The van der Waals surface area contributed by atoms with E-state index in [1.54, 1.807) is 6.92 Å². The summed E-state index contributed by atoms with van der Waals surface area (Å²) in [5.41, 5.74) is 0.505. The first-order valence-corrected chi connectivity index (χ1v) is 6.33. The van der Waals surface area contributed by atoms with Crippen molar-refractivity contribution in [1.82, 2.24) is 0 Å². The van der Waals surface area contributed by atoms with Gasteiger partial charge in [0.25, 0.3) is 0 Å². The van der Waals surface area contributed by atoms with Crippen molar-refractivity contribution in [2.75, 3.05) is 6.61 Å². The van der Waals surface area contributed by atoms with E-state index >= 15 is 0 Å². The summed E-state index contributed by atoms with van der Waals surface area (Å²) in [5, 5.41) is 0. The molecule has 1 aromatic carbocycles. The molecule has 0 bridgehead atoms. The number of hydrogen-bond acceptors (Lipinski definition) is 3. The molecule has 1 aromatic rings. The van der Waals surface area contributed by atoms with E-state index < -0.39 is 16.9 Å². The standard InChI is InChI=1S/C12H12BrF3O3/c1-3-18-10-6-8(11(13)7(2)17)4-5-9(10)19-12(14,15)16/h4-6,11H,3H2,1-2H3. The number of benzene rings is 1. The molecule has 0 aliphatic carbocycles. The molecule has 0 saturated heterocycles. The van der Waals surface area contributed by atoms with E-state index in [0.717, 1.165) is 6.07 Å². The fourth-order valence-corrected chi connectivity index (χ4v) is 1.68. The molecule has 0 radical (unpaired) electrons. The van der Waals surface area contributed by atoms with Crippen molar-refractivity contribution in [3.05, 3.63) is 23.8 Å². The summed E-state index contributed by atoms with van der Waals surface area (Å²) in [7, 11) is 0. The number of carbonyl (C=O) groups is 1. The third-order valence-corrected chi connectivity index (χ3v) is 3.32. The molecule has 0 saturated carbocycles. The van der Waals surface area contributed by atoms with Crippen LogP contribution in [0.2, 0.25) is 0 Å². The quantitative estimate of drug-likeness (QED) is 0.759. The second-order valence-electron chi connectivity index (χ2n) is 3.66. The Morgan fingerprint density at radius 2 is 2.00 bits per heavy atom. The largest absolute Gasteiger partial charge is 0.573 e. The number of rotatable bonds is 5. The van der Waals surface area contributed by atoms with Crippen molar-refractivity contribution in [1.29, 1.82) is 0 Å². The summed E-state index contributed by atoms with van der Waals surface area (Å²) in [5.74, 6) is -0.642. The first kappa shape index (κ1) is 15.8. The summed E-state index contributed by atoms with van der Waals surface area (Å²) < 4.78 is 45.6. The van der Waals surface area contributed by atoms with Gasteiger partial charge in [0, 0.05) is 0 Å². The van der Waals surface area contributed by atoms with Crippen molar-refractivity contribution < 1.29 is 27.4 Å². The summed E-state index contributed by atoms with van der Waals surface area (Å²) in [6.45, 7) is 3.20. The fourth-order valence-electron chi connectivity index (χ4n) is 1.39. The first-order valence-electron chi connectivity index (χ1n) is 5.41. The summed E-state index contributed by atoms with van der Waals surface area (Å²) >= 11 is 3.15. The molecule has 0 fully saturated rings. The van der Waals surface area contributed by atoms with Crippen molar-refractivity contribution in [3.8, 4) is 11.5 Å². The Morgan fingerprint density at radius 3 is 2.47 bits per heavy atom. The van der Waals surface area contributed by atoms with Gasteiger partial charge in [0.15, 0.2) is 11.5 Å². The highest BCUT2D eigenvalue weighted by molar-refractivity contribution is 9.09. The lowest BCUT2D eigenvalue weighted by atomic mass is 10.1. The normalized spacial score (nSPS) is 12.9. The predicted molar refractivity (Wildman–Crippen MR) is 66.6 cm³/mol. The summed E-state index contributed by atoms with van der Waals surface area (Å²) in [6, 6.07) is 3.86. The van der Waals surface area contributed by atoms with Crippen LogP contribution in [0.4, 0.5) is 13.2 Å². The Balaban J connectivity index is 3.10. The molecule has 1 rings (SSSR count). The van der Waals surface area contributed by atoms with Crippen LogP contribution >= 0.6 is 15.9 Å². The molecule has 0 aliphatic heterocycles. The van der Waals surface area contributed by atoms with Gasteiger partial charge >= 0.3 is 6.36 Å². The van der Waals surface area contributed by atoms with Crippen LogP contribution in [-0.2, 0) is 4.79 Å². The highest BCUT2D eigenvalue weighted by Crippen LogP contribution is 2.36. The van der Waals surface area contributed by atoms with Crippen molar-refractivity contribution in [2.45, 2.75) is 25.0 Å². The third kappa shape index (κ3) is 4.74. The van der Waals surface area contributed by atoms with Crippen LogP contribution in [0.3, 0.4) is 0 Å². The van der Waals surface area contributed by atoms with E-state index in [0.29, 0.717) is 5.56 Å². The van der Waals surface area contributed by atoms with Crippen LogP contribution in [0.5, 0.6) is 11.5 Å². The van der Waals surface area contributed by atoms with Crippen LogP contribution in [0.1, 0.15) is 24.2 Å². The molecular weight excluding hydrogens is 329 g/mol. The molecule has 3 nitrogen and oxygen atoms in total. The number of ketones is 1. The van der Waals surface area contributed by atoms with Gasteiger partial charge in [0.05, 0.1) is 11.4 Å². The number of carbonyl (C=O) groups excluding carboxylic acids is 1. The maximum absolute atomic E-state index is 12.2. The van der Waals surface area contributed by atoms with Gasteiger partial charge in [0.2, 0.25) is 0 Å². The number of Topliss-reactive ketones (excluding diaryl/α,β-unsaturated/α-hetero) is 1. The zero-order valence-electron chi connectivity index (χ0n) is 10.3. The van der Waals surface area contributed by atoms with Crippen molar-refractivity contribution in [2.24, 2.45) is 0 Å². The average molecular weight is 341 g/mol. The topological polar surface area (TPSA) is 35.5 Å². The zero-order valence-corrected chi connectivity index (χ0v) is 11.8. The molecule has 1 unspecified atom stereocenters. The molecule has 19 heavy (non-hydrogen) atoms. The monoisotopic (exact) mass is 340 g/mol. The maximum Gasteiger partial charge on any atom is 0.573 e. The second-order valence-corrected chi connectivity index (χ2v) is 4.58. The number of hydrogen-bond donors (Lipinski definition) is 0. The minimum Gasteiger partial charge on any atom is -0.490 e. The lowest BCUT2D eigenvalue weighted by molar-refractivity contribution is -0.275. The molecule has 0 aliphatic rings. The van der Waals surface area contributed by atoms with Crippen LogP contribution in [0.25, 0.3) is 0 Å². The number of ether oxygens (including phenoxy) is 2. The lowest BCUT2D eigenvalue weighted by Gasteiger charge is -2.15. The Hall–Kier alpha value is -1.24. The minimum atomic E-state index is -4.79. The Labute approximate surface area is 116 Å². The summed E-state index contributed by atoms with van der Waals surface area (Å²) in [4.78, 5) is 10.6. The van der Waals surface area contributed by atoms with Gasteiger partial charge < -0.3 is 9.47 Å². The van der Waals surface area contributed by atoms with E-state index in [1.807, 2.05) is 0 Å². The Morgan fingerprint density at radius 1 is 1.37 bits per heavy atom. The fraction of sp³-hybridized carbons (Fsp3) is 0.417. The second kappa shape index (κ2) is 6.27. The van der Waals surface area contributed by atoms with E-state index in [2.05, 4.69) is 20.7 Å². The molecule has 106 valence electrons. The van der Waals surface area contributed by atoms with Crippen LogP contribution in [0.15, 0.2) is 18.2 Å². The van der Waals surface area contributed by atoms with Crippen molar-refractivity contribution >= 4 is 21.7 Å². The molecule has 0 amide bonds. The van der Waals surface area contributed by atoms with Crippen LogP contribution in [0, 0.1) is 0 Å². The van der Waals surface area contributed by atoms with Gasteiger partial charge in [-0.15, -0.1) is 13.2 Å². The summed E-state index contributed by atoms with van der Waals surface area (Å²) in [6.07, 6.45) is -4.79. The van der Waals surface area contributed by atoms with Crippen LogP contribution in [-0.4, -0.2) is 18.8 Å². The van der Waals surface area contributed by atoms with Gasteiger partial charge in [0.1, 0.15) is 5.78 Å². The minimum absolute atomic E-state index is 0.0528. The SMILES string of the molecule is CCOc1cc(C(Br)C(C)=O)ccc1OC(F)(F)F. The molecular formula is C12H12BrF3O3. The van der Waals surface area contributed by atoms with Gasteiger partial charge in [-0.05, 0) is 31.5 Å². The predicted octanol–water partition coefficient (Wildman–Crippen LogP) is 4.01. The van der Waals surface area contributed by atoms with Gasteiger partial charge in [-0.3, -0.25) is 4.79 Å². The molecule has 0 heterocycles. The van der Waals surface area contributed by atoms with E-state index in [4.69, 9.17) is 4.74 Å².